The molecule has 0 bridgehead atoms. The van der Waals surface area contributed by atoms with Gasteiger partial charge in [0.2, 0.25) is 11.8 Å². The minimum absolute atomic E-state index is 0.307. The molecule has 0 spiro atoms. The summed E-state index contributed by atoms with van der Waals surface area (Å²) in [5.41, 5.74) is 7.79. The highest BCUT2D eigenvalue weighted by molar-refractivity contribution is 5.89. The molecule has 1 heterocycles. The van der Waals surface area contributed by atoms with Crippen LogP contribution >= 0.6 is 0 Å². The van der Waals surface area contributed by atoms with Crippen LogP contribution < -0.4 is 11.1 Å². The number of aryl methyl sites for hydroxylation is 2. The number of rotatable bonds is 5. The van der Waals surface area contributed by atoms with Crippen molar-refractivity contribution in [1.82, 2.24) is 15.1 Å². The number of nitrogens with two attached hydrogens (primary N) is 1. The number of nitrogens with one attached hydrogen (secondary N) is 1. The van der Waals surface area contributed by atoms with Crippen molar-refractivity contribution in [2.24, 2.45) is 5.73 Å². The summed E-state index contributed by atoms with van der Waals surface area (Å²) in [5.74, 6) is -0.904. The first-order chi connectivity index (χ1) is 10.4. The maximum absolute atomic E-state index is 12.4. The molecule has 0 aliphatic rings. The van der Waals surface area contributed by atoms with Gasteiger partial charge in [-0.25, -0.2) is 0 Å². The smallest absolute Gasteiger partial charge is 0.245 e. The molecule has 0 radical (unpaired) electrons. The van der Waals surface area contributed by atoms with E-state index in [2.05, 4.69) is 10.4 Å². The SMILES string of the molecule is Cc1cc(C)n([C@H](C)C(=O)N[C@@H](C(N)=O)c2ccccc2)n1. The van der Waals surface area contributed by atoms with E-state index in [1.54, 1.807) is 35.9 Å². The molecule has 6 heteroatoms. The van der Waals surface area contributed by atoms with Crippen LogP contribution in [0.1, 0.15) is 36.0 Å². The molecule has 1 aromatic carbocycles. The molecular weight excluding hydrogens is 280 g/mol. The third kappa shape index (κ3) is 3.33. The van der Waals surface area contributed by atoms with E-state index in [1.165, 1.54) is 0 Å². The number of carbonyl (C=O) groups excluding carboxylic acids is 2. The highest BCUT2D eigenvalue weighted by Gasteiger charge is 2.24. The fourth-order valence-electron chi connectivity index (χ4n) is 2.38. The molecule has 3 N–H and O–H groups in total. The van der Waals surface area contributed by atoms with Crippen LogP contribution in [0.25, 0.3) is 0 Å². The molecule has 2 rings (SSSR count). The summed E-state index contributed by atoms with van der Waals surface area (Å²) in [6.45, 7) is 5.48. The molecule has 0 aliphatic heterocycles. The predicted molar refractivity (Wildman–Crippen MR) is 82.9 cm³/mol. The Morgan fingerprint density at radius 1 is 1.23 bits per heavy atom. The Balaban J connectivity index is 2.18. The lowest BCUT2D eigenvalue weighted by Gasteiger charge is -2.20. The third-order valence-corrected chi connectivity index (χ3v) is 3.49. The molecule has 0 aliphatic carbocycles. The Hall–Kier alpha value is -2.63. The van der Waals surface area contributed by atoms with Gasteiger partial charge in [0.25, 0.3) is 0 Å². The summed E-state index contributed by atoms with van der Waals surface area (Å²) in [6, 6.07) is 9.44. The van der Waals surface area contributed by atoms with Crippen LogP contribution in [0.5, 0.6) is 0 Å². The van der Waals surface area contributed by atoms with Gasteiger partial charge in [0, 0.05) is 5.69 Å². The van der Waals surface area contributed by atoms with Crippen molar-refractivity contribution in [3.63, 3.8) is 0 Å². The maximum Gasteiger partial charge on any atom is 0.245 e. The van der Waals surface area contributed by atoms with E-state index in [0.717, 1.165) is 11.4 Å². The summed E-state index contributed by atoms with van der Waals surface area (Å²) in [4.78, 5) is 24.1. The van der Waals surface area contributed by atoms with Gasteiger partial charge in [-0.05, 0) is 32.4 Å². The van der Waals surface area contributed by atoms with Gasteiger partial charge in [-0.1, -0.05) is 30.3 Å². The van der Waals surface area contributed by atoms with E-state index in [0.29, 0.717) is 5.56 Å². The number of nitrogens with zero attached hydrogens (tertiary/aromatic N) is 2. The first-order valence-corrected chi connectivity index (χ1v) is 7.07. The van der Waals surface area contributed by atoms with Gasteiger partial charge >= 0.3 is 0 Å². The summed E-state index contributed by atoms with van der Waals surface area (Å²) < 4.78 is 1.63. The van der Waals surface area contributed by atoms with E-state index >= 15 is 0 Å². The second kappa shape index (κ2) is 6.43. The topological polar surface area (TPSA) is 90.0 Å². The van der Waals surface area contributed by atoms with Crippen LogP contribution in [-0.4, -0.2) is 21.6 Å². The number of amides is 2. The lowest BCUT2D eigenvalue weighted by atomic mass is 10.1. The van der Waals surface area contributed by atoms with Crippen LogP contribution in [-0.2, 0) is 9.59 Å². The number of hydrogen-bond donors (Lipinski definition) is 2. The summed E-state index contributed by atoms with van der Waals surface area (Å²) in [7, 11) is 0. The fourth-order valence-corrected chi connectivity index (χ4v) is 2.38. The number of aromatic nitrogens is 2. The van der Waals surface area contributed by atoms with Crippen LogP contribution in [0.3, 0.4) is 0 Å². The van der Waals surface area contributed by atoms with Crippen LogP contribution in [0.2, 0.25) is 0 Å². The van der Waals surface area contributed by atoms with Crippen molar-refractivity contribution in [3.05, 3.63) is 53.3 Å². The van der Waals surface area contributed by atoms with Gasteiger partial charge in [-0.2, -0.15) is 5.10 Å². The Bertz CT molecular complexity index is 679. The average molecular weight is 300 g/mol. The largest absolute Gasteiger partial charge is 0.368 e. The molecule has 6 nitrogen and oxygen atoms in total. The second-order valence-electron chi connectivity index (χ2n) is 5.30. The predicted octanol–water partition coefficient (Wildman–Crippen LogP) is 1.40. The lowest BCUT2D eigenvalue weighted by Crippen LogP contribution is -2.40. The van der Waals surface area contributed by atoms with Crippen LogP contribution in [0, 0.1) is 13.8 Å². The van der Waals surface area contributed by atoms with Gasteiger partial charge in [-0.15, -0.1) is 0 Å². The molecule has 0 saturated carbocycles. The van der Waals surface area contributed by atoms with Crippen LogP contribution in [0.4, 0.5) is 0 Å². The first kappa shape index (κ1) is 15.8. The van der Waals surface area contributed by atoms with E-state index in [4.69, 9.17) is 5.73 Å². The number of hydrogen-bond acceptors (Lipinski definition) is 3. The van der Waals surface area contributed by atoms with Crippen molar-refractivity contribution in [2.75, 3.05) is 0 Å². The quantitative estimate of drug-likeness (QED) is 0.874. The molecule has 0 unspecified atom stereocenters. The molecule has 2 atom stereocenters. The molecule has 116 valence electrons. The van der Waals surface area contributed by atoms with E-state index in [1.807, 2.05) is 26.0 Å². The zero-order valence-electron chi connectivity index (χ0n) is 12.9. The minimum atomic E-state index is -0.854. The molecule has 0 fully saturated rings. The Labute approximate surface area is 129 Å². The first-order valence-electron chi connectivity index (χ1n) is 7.07. The van der Waals surface area contributed by atoms with Crippen molar-refractivity contribution < 1.29 is 9.59 Å². The standard InChI is InChI=1S/C16H20N4O2/c1-10-9-11(2)20(19-10)12(3)16(22)18-14(15(17)21)13-7-5-4-6-8-13/h4-9,12,14H,1-3H3,(H2,17,21)(H,18,22)/t12-,14-/m1/s1. The van der Waals surface area contributed by atoms with Gasteiger partial charge in [-0.3, -0.25) is 14.3 Å². The van der Waals surface area contributed by atoms with E-state index in [9.17, 15) is 9.59 Å². The molecule has 22 heavy (non-hydrogen) atoms. The van der Waals surface area contributed by atoms with E-state index < -0.39 is 18.0 Å². The van der Waals surface area contributed by atoms with E-state index in [-0.39, 0.29) is 5.91 Å². The highest BCUT2D eigenvalue weighted by Crippen LogP contribution is 2.15. The zero-order chi connectivity index (χ0) is 16.3. The van der Waals surface area contributed by atoms with Gasteiger partial charge in [0.1, 0.15) is 12.1 Å². The zero-order valence-corrected chi connectivity index (χ0v) is 12.9. The molecule has 1 aromatic heterocycles. The fraction of sp³-hybridized carbons (Fsp3) is 0.312. The van der Waals surface area contributed by atoms with Crippen molar-refractivity contribution in [2.45, 2.75) is 32.9 Å². The summed E-state index contributed by atoms with van der Waals surface area (Å²) >= 11 is 0. The lowest BCUT2D eigenvalue weighted by molar-refractivity contribution is -0.129. The minimum Gasteiger partial charge on any atom is -0.368 e. The number of benzene rings is 1. The maximum atomic E-state index is 12.4. The Kier molecular flexibility index (Phi) is 4.60. The molecule has 0 saturated heterocycles. The summed E-state index contributed by atoms with van der Waals surface area (Å²) in [5, 5.41) is 6.99. The van der Waals surface area contributed by atoms with Crippen molar-refractivity contribution in [3.8, 4) is 0 Å². The number of carbonyl (C=O) groups is 2. The Morgan fingerprint density at radius 3 is 2.36 bits per heavy atom. The van der Waals surface area contributed by atoms with Crippen molar-refractivity contribution >= 4 is 11.8 Å². The van der Waals surface area contributed by atoms with Gasteiger partial charge < -0.3 is 11.1 Å². The van der Waals surface area contributed by atoms with Gasteiger partial charge in [0.15, 0.2) is 0 Å². The van der Waals surface area contributed by atoms with Crippen molar-refractivity contribution in [1.29, 1.82) is 0 Å². The molecule has 2 amide bonds. The summed E-state index contributed by atoms with van der Waals surface area (Å²) in [6.07, 6.45) is 0. The molecular formula is C16H20N4O2. The third-order valence-electron chi connectivity index (χ3n) is 3.49. The number of primary amides is 1. The second-order valence-corrected chi connectivity index (χ2v) is 5.30. The molecule has 2 aromatic rings. The average Bonchev–Trinajstić information content (AvgIpc) is 2.83. The Morgan fingerprint density at radius 2 is 1.86 bits per heavy atom. The highest BCUT2D eigenvalue weighted by atomic mass is 16.2. The monoisotopic (exact) mass is 300 g/mol. The van der Waals surface area contributed by atoms with Crippen LogP contribution in [0.15, 0.2) is 36.4 Å². The normalized spacial score (nSPS) is 13.4. The van der Waals surface area contributed by atoms with Gasteiger partial charge in [0.05, 0.1) is 5.69 Å².